The predicted molar refractivity (Wildman–Crippen MR) is 128 cm³/mol. The van der Waals surface area contributed by atoms with Crippen LogP contribution in [0.2, 0.25) is 0 Å². The van der Waals surface area contributed by atoms with Crippen molar-refractivity contribution in [2.45, 2.75) is 31.6 Å². The van der Waals surface area contributed by atoms with Crippen molar-refractivity contribution in [2.24, 2.45) is 0 Å². The standard InChI is InChI=1S/C26H23F2N5O/c1-15-3-4-19(11-20(15)16-9-17-14-32-23(29-2)12-21(17)31-13-16)33-24(34)22-10-18(5-8-30-22)26(6-7-26)25(27)28/h3-5,8-14,25H,6-7H2,1-2H3,(H,29,32)(H,33,34). The van der Waals surface area contributed by atoms with E-state index in [0.29, 0.717) is 24.1 Å². The maximum Gasteiger partial charge on any atom is 0.274 e. The summed E-state index contributed by atoms with van der Waals surface area (Å²) < 4.78 is 27.0. The number of anilines is 2. The number of halogens is 2. The van der Waals surface area contributed by atoms with Gasteiger partial charge >= 0.3 is 0 Å². The fourth-order valence-corrected chi connectivity index (χ4v) is 4.14. The molecule has 0 unspecified atom stereocenters. The molecule has 0 bridgehead atoms. The van der Waals surface area contributed by atoms with Crippen LogP contribution in [-0.4, -0.2) is 34.3 Å². The van der Waals surface area contributed by atoms with Crippen molar-refractivity contribution in [1.82, 2.24) is 15.0 Å². The zero-order chi connectivity index (χ0) is 23.9. The van der Waals surface area contributed by atoms with Crippen LogP contribution in [0.1, 0.15) is 34.5 Å². The molecule has 3 heterocycles. The quantitative estimate of drug-likeness (QED) is 0.393. The second-order valence-corrected chi connectivity index (χ2v) is 8.61. The summed E-state index contributed by atoms with van der Waals surface area (Å²) in [5, 5.41) is 6.75. The van der Waals surface area contributed by atoms with Gasteiger partial charge in [0.1, 0.15) is 11.5 Å². The molecule has 0 atom stereocenters. The number of nitrogens with one attached hydrogen (secondary N) is 2. The van der Waals surface area contributed by atoms with E-state index in [1.165, 1.54) is 12.3 Å². The van der Waals surface area contributed by atoms with Gasteiger partial charge in [-0.05, 0) is 66.8 Å². The summed E-state index contributed by atoms with van der Waals surface area (Å²) in [7, 11) is 1.81. The molecule has 0 radical (unpaired) electrons. The fraction of sp³-hybridized carbons (Fsp3) is 0.231. The summed E-state index contributed by atoms with van der Waals surface area (Å²) in [5.41, 5.74) is 3.68. The lowest BCUT2D eigenvalue weighted by molar-refractivity contribution is 0.0996. The van der Waals surface area contributed by atoms with Crippen LogP contribution in [0.4, 0.5) is 20.3 Å². The van der Waals surface area contributed by atoms with Crippen LogP contribution in [0.5, 0.6) is 0 Å². The fourth-order valence-electron chi connectivity index (χ4n) is 4.14. The van der Waals surface area contributed by atoms with Crippen molar-refractivity contribution in [3.63, 3.8) is 0 Å². The van der Waals surface area contributed by atoms with Crippen molar-refractivity contribution in [1.29, 1.82) is 0 Å². The van der Waals surface area contributed by atoms with Crippen LogP contribution in [0.25, 0.3) is 22.0 Å². The zero-order valence-corrected chi connectivity index (χ0v) is 18.8. The van der Waals surface area contributed by atoms with Gasteiger partial charge in [-0.3, -0.25) is 14.8 Å². The Labute approximate surface area is 195 Å². The average molecular weight is 460 g/mol. The molecule has 3 aromatic heterocycles. The number of fused-ring (bicyclic) bond motifs is 1. The molecule has 8 heteroatoms. The molecule has 172 valence electrons. The molecule has 2 N–H and O–H groups in total. The molecule has 1 aliphatic rings. The van der Waals surface area contributed by atoms with Gasteiger partial charge in [0.2, 0.25) is 6.43 Å². The van der Waals surface area contributed by atoms with Gasteiger partial charge in [-0.1, -0.05) is 6.07 Å². The van der Waals surface area contributed by atoms with Gasteiger partial charge in [0, 0.05) is 48.3 Å². The first-order valence-corrected chi connectivity index (χ1v) is 11.0. The van der Waals surface area contributed by atoms with E-state index in [0.717, 1.165) is 33.4 Å². The summed E-state index contributed by atoms with van der Waals surface area (Å²) in [6.45, 7) is 1.98. The highest BCUT2D eigenvalue weighted by molar-refractivity contribution is 6.03. The Kier molecular flexibility index (Phi) is 5.43. The van der Waals surface area contributed by atoms with Crippen LogP contribution in [0, 0.1) is 6.92 Å². The van der Waals surface area contributed by atoms with E-state index in [9.17, 15) is 13.6 Å². The first-order chi connectivity index (χ1) is 16.4. The highest BCUT2D eigenvalue weighted by Crippen LogP contribution is 2.52. The molecule has 4 aromatic rings. The Balaban J connectivity index is 1.41. The lowest BCUT2D eigenvalue weighted by atomic mass is 9.96. The molecule has 5 rings (SSSR count). The maximum absolute atomic E-state index is 13.5. The van der Waals surface area contributed by atoms with E-state index in [4.69, 9.17) is 0 Å². The molecule has 1 saturated carbocycles. The van der Waals surface area contributed by atoms with Gasteiger partial charge in [-0.25, -0.2) is 13.8 Å². The molecule has 6 nitrogen and oxygen atoms in total. The lowest BCUT2D eigenvalue weighted by Crippen LogP contribution is -2.20. The van der Waals surface area contributed by atoms with Gasteiger partial charge in [0.15, 0.2) is 0 Å². The monoisotopic (exact) mass is 459 g/mol. The van der Waals surface area contributed by atoms with E-state index in [1.807, 2.05) is 31.2 Å². The third-order valence-corrected chi connectivity index (χ3v) is 6.40. The second kappa shape index (κ2) is 8.44. The highest BCUT2D eigenvalue weighted by Gasteiger charge is 2.52. The Morgan fingerprint density at radius 2 is 1.85 bits per heavy atom. The Bertz CT molecular complexity index is 1400. The lowest BCUT2D eigenvalue weighted by Gasteiger charge is -2.15. The number of alkyl halides is 2. The number of aryl methyl sites for hydroxylation is 1. The largest absolute Gasteiger partial charge is 0.373 e. The number of rotatable bonds is 6. The SMILES string of the molecule is CNc1cc2ncc(-c3cc(NC(=O)c4cc(C5(C(F)F)CC5)ccn4)ccc3C)cc2cn1. The van der Waals surface area contributed by atoms with Gasteiger partial charge < -0.3 is 10.6 Å². The Hall–Kier alpha value is -3.94. The van der Waals surface area contributed by atoms with Crippen molar-refractivity contribution >= 4 is 28.3 Å². The topological polar surface area (TPSA) is 79.8 Å². The van der Waals surface area contributed by atoms with Crippen molar-refractivity contribution in [3.8, 4) is 11.1 Å². The molecular weight excluding hydrogens is 436 g/mol. The maximum atomic E-state index is 13.5. The van der Waals surface area contributed by atoms with Crippen LogP contribution in [0.3, 0.4) is 0 Å². The average Bonchev–Trinajstić information content (AvgIpc) is 3.67. The number of nitrogens with zero attached hydrogens (tertiary/aromatic N) is 3. The smallest absolute Gasteiger partial charge is 0.274 e. The molecule has 0 spiro atoms. The first kappa shape index (κ1) is 21.9. The third kappa shape index (κ3) is 3.96. The van der Waals surface area contributed by atoms with E-state index >= 15 is 0 Å². The number of carbonyl (C=O) groups excluding carboxylic acids is 1. The van der Waals surface area contributed by atoms with E-state index < -0.39 is 17.7 Å². The van der Waals surface area contributed by atoms with E-state index in [-0.39, 0.29) is 5.69 Å². The summed E-state index contributed by atoms with van der Waals surface area (Å²) in [6, 6.07) is 12.5. The summed E-state index contributed by atoms with van der Waals surface area (Å²) in [5.74, 6) is 0.301. The van der Waals surface area contributed by atoms with Crippen LogP contribution < -0.4 is 10.6 Å². The van der Waals surface area contributed by atoms with Crippen molar-refractivity contribution in [2.75, 3.05) is 17.7 Å². The van der Waals surface area contributed by atoms with Crippen LogP contribution in [0.15, 0.2) is 61.1 Å². The number of pyridine rings is 3. The number of carbonyl (C=O) groups is 1. The van der Waals surface area contributed by atoms with Gasteiger partial charge in [-0.15, -0.1) is 0 Å². The minimum Gasteiger partial charge on any atom is -0.373 e. The summed E-state index contributed by atoms with van der Waals surface area (Å²) in [6.07, 6.45) is 3.36. The Morgan fingerprint density at radius 3 is 2.59 bits per heavy atom. The summed E-state index contributed by atoms with van der Waals surface area (Å²) >= 11 is 0. The summed E-state index contributed by atoms with van der Waals surface area (Å²) in [4.78, 5) is 25.9. The van der Waals surface area contributed by atoms with Crippen molar-refractivity contribution in [3.05, 3.63) is 77.9 Å². The molecule has 0 aliphatic heterocycles. The predicted octanol–water partition coefficient (Wildman–Crippen LogP) is 5.59. The highest BCUT2D eigenvalue weighted by atomic mass is 19.3. The molecule has 34 heavy (non-hydrogen) atoms. The number of benzene rings is 1. The normalized spacial score (nSPS) is 14.3. The minimum absolute atomic E-state index is 0.116. The number of amides is 1. The Morgan fingerprint density at radius 1 is 1.03 bits per heavy atom. The second-order valence-electron chi connectivity index (χ2n) is 8.61. The molecular formula is C26H23F2N5O. The van der Waals surface area contributed by atoms with Gasteiger partial charge in [-0.2, -0.15) is 0 Å². The number of aromatic nitrogens is 3. The van der Waals surface area contributed by atoms with Crippen LogP contribution in [-0.2, 0) is 5.41 Å². The molecule has 0 saturated heterocycles. The molecule has 1 aliphatic carbocycles. The minimum atomic E-state index is -2.46. The molecule has 1 amide bonds. The third-order valence-electron chi connectivity index (χ3n) is 6.40. The number of hydrogen-bond acceptors (Lipinski definition) is 5. The zero-order valence-electron chi connectivity index (χ0n) is 18.8. The first-order valence-electron chi connectivity index (χ1n) is 11.0. The van der Waals surface area contributed by atoms with Crippen LogP contribution >= 0.6 is 0 Å². The van der Waals surface area contributed by atoms with E-state index in [1.54, 1.807) is 31.6 Å². The number of hydrogen-bond donors (Lipinski definition) is 2. The van der Waals surface area contributed by atoms with Crippen molar-refractivity contribution < 1.29 is 13.6 Å². The van der Waals surface area contributed by atoms with Gasteiger partial charge in [0.05, 0.1) is 10.9 Å². The van der Waals surface area contributed by atoms with E-state index in [2.05, 4.69) is 25.6 Å². The molecule has 1 aromatic carbocycles. The molecule has 1 fully saturated rings. The van der Waals surface area contributed by atoms with Gasteiger partial charge in [0.25, 0.3) is 5.91 Å².